The van der Waals surface area contributed by atoms with E-state index in [2.05, 4.69) is 37.9 Å². The zero-order valence-corrected chi connectivity index (χ0v) is 6.02. The molecule has 6 heavy (non-hydrogen) atoms. The van der Waals surface area contributed by atoms with E-state index >= 15 is 0 Å². The van der Waals surface area contributed by atoms with Crippen LogP contribution >= 0.6 is 37.9 Å². The molecule has 0 aliphatic heterocycles. The molecule has 0 aliphatic carbocycles. The maximum Gasteiger partial charge on any atom is 0.0429 e. The molecular weight excluding hydrogens is 132 g/mol. The third kappa shape index (κ3) is 3.00. The Morgan fingerprint density at radius 3 is 1.33 bits per heavy atom. The van der Waals surface area contributed by atoms with Crippen LogP contribution in [0.1, 0.15) is 6.92 Å². The molecule has 0 saturated heterocycles. The Labute approximate surface area is 54.2 Å². The van der Waals surface area contributed by atoms with Crippen LogP contribution in [0.15, 0.2) is 9.14 Å². The van der Waals surface area contributed by atoms with Crippen molar-refractivity contribution < 1.29 is 0 Å². The Kier molecular flexibility index (Phi) is 3.26. The summed E-state index contributed by atoms with van der Waals surface area (Å²) in [5.41, 5.74) is 0. The minimum Gasteiger partial charge on any atom is -0.146 e. The molecule has 0 aromatic carbocycles. The molecule has 0 N–H and O–H groups in total. The summed E-state index contributed by atoms with van der Waals surface area (Å²) in [6, 6.07) is 0. The van der Waals surface area contributed by atoms with Gasteiger partial charge in [-0.3, -0.25) is 0 Å². The molecule has 3 heteroatoms. The van der Waals surface area contributed by atoms with Gasteiger partial charge in [0.2, 0.25) is 0 Å². The molecule has 0 radical (unpaired) electrons. The molecule has 0 aromatic rings. The van der Waals surface area contributed by atoms with Gasteiger partial charge in [0, 0.05) is 4.24 Å². The van der Waals surface area contributed by atoms with Crippen LogP contribution in [0, 0.1) is 0 Å². The van der Waals surface area contributed by atoms with Gasteiger partial charge in [-0.15, -0.1) is 37.9 Å². The molecule has 0 aliphatic rings. The maximum absolute atomic E-state index is 3.92. The fourth-order valence-electron chi connectivity index (χ4n) is 0. The second kappa shape index (κ2) is 2.88. The molecule has 0 heterocycles. The second-order valence-electron chi connectivity index (χ2n) is 0.909. The first-order valence-corrected chi connectivity index (χ1v) is 2.76. The Morgan fingerprint density at radius 2 is 1.33 bits per heavy atom. The highest BCUT2D eigenvalue weighted by Gasteiger charge is 1.79. The zero-order valence-electron chi connectivity index (χ0n) is 3.34. The standard InChI is InChI=1S/C3H6S3/c1-2(4)3(5)6/h4-6H,1H3. The predicted molar refractivity (Wildman–Crippen MR) is 39.7 cm³/mol. The van der Waals surface area contributed by atoms with Gasteiger partial charge in [-0.2, -0.15) is 0 Å². The summed E-state index contributed by atoms with van der Waals surface area (Å²) in [6.07, 6.45) is 0. The van der Waals surface area contributed by atoms with Gasteiger partial charge < -0.3 is 0 Å². The highest BCUT2D eigenvalue weighted by Crippen LogP contribution is 2.13. The van der Waals surface area contributed by atoms with E-state index in [4.69, 9.17) is 0 Å². The molecule has 0 atom stereocenters. The normalized spacial score (nSPS) is 8.00. The van der Waals surface area contributed by atoms with Crippen LogP contribution in [-0.4, -0.2) is 0 Å². The van der Waals surface area contributed by atoms with Gasteiger partial charge in [-0.05, 0) is 11.8 Å². The summed E-state index contributed by atoms with van der Waals surface area (Å²) in [7, 11) is 0. The summed E-state index contributed by atoms with van der Waals surface area (Å²) in [5.74, 6) is 0. The lowest BCUT2D eigenvalue weighted by Gasteiger charge is -1.84. The van der Waals surface area contributed by atoms with Crippen LogP contribution < -0.4 is 0 Å². The second-order valence-corrected chi connectivity index (χ2v) is 2.83. The summed E-state index contributed by atoms with van der Waals surface area (Å²) in [5, 5.41) is 0. The molecule has 0 aromatic heterocycles. The van der Waals surface area contributed by atoms with Crippen molar-refractivity contribution in [3.05, 3.63) is 9.14 Å². The van der Waals surface area contributed by atoms with E-state index in [1.54, 1.807) is 0 Å². The lowest BCUT2D eigenvalue weighted by atomic mass is 10.7. The monoisotopic (exact) mass is 138 g/mol. The Morgan fingerprint density at radius 1 is 1.17 bits per heavy atom. The summed E-state index contributed by atoms with van der Waals surface area (Å²) >= 11 is 11.6. The van der Waals surface area contributed by atoms with Crippen LogP contribution in [0.25, 0.3) is 0 Å². The van der Waals surface area contributed by atoms with Gasteiger partial charge in [0.1, 0.15) is 0 Å². The van der Waals surface area contributed by atoms with Crippen molar-refractivity contribution >= 4 is 37.9 Å². The van der Waals surface area contributed by atoms with E-state index in [1.165, 1.54) is 0 Å². The third-order valence-corrected chi connectivity index (χ3v) is 1.57. The van der Waals surface area contributed by atoms with E-state index in [1.807, 2.05) is 6.92 Å². The van der Waals surface area contributed by atoms with Gasteiger partial charge in [-0.25, -0.2) is 0 Å². The molecule has 36 valence electrons. The van der Waals surface area contributed by atoms with E-state index in [-0.39, 0.29) is 0 Å². The first-order chi connectivity index (χ1) is 2.64. The number of rotatable bonds is 0. The minimum absolute atomic E-state index is 0.679. The van der Waals surface area contributed by atoms with Crippen LogP contribution in [-0.2, 0) is 0 Å². The summed E-state index contributed by atoms with van der Waals surface area (Å²) < 4.78 is 0.679. The van der Waals surface area contributed by atoms with Gasteiger partial charge >= 0.3 is 0 Å². The van der Waals surface area contributed by atoms with Crippen molar-refractivity contribution in [2.24, 2.45) is 0 Å². The molecule has 0 bridgehead atoms. The van der Waals surface area contributed by atoms with E-state index in [0.717, 1.165) is 4.91 Å². The average Bonchev–Trinajstić information content (AvgIpc) is 1.36. The molecular formula is C3H6S3. The summed E-state index contributed by atoms with van der Waals surface area (Å²) in [6.45, 7) is 1.83. The van der Waals surface area contributed by atoms with Crippen LogP contribution in [0.3, 0.4) is 0 Å². The fourth-order valence-corrected chi connectivity index (χ4v) is 0. The predicted octanol–water partition coefficient (Wildman–Crippen LogP) is 1.96. The van der Waals surface area contributed by atoms with Gasteiger partial charge in [0.15, 0.2) is 0 Å². The quantitative estimate of drug-likeness (QED) is 0.419. The first-order valence-electron chi connectivity index (χ1n) is 1.42. The van der Waals surface area contributed by atoms with Crippen molar-refractivity contribution in [2.45, 2.75) is 6.92 Å². The number of thiol groups is 3. The van der Waals surface area contributed by atoms with Crippen molar-refractivity contribution in [2.75, 3.05) is 0 Å². The zero-order chi connectivity index (χ0) is 5.15. The lowest BCUT2D eigenvalue weighted by molar-refractivity contribution is 1.72. The molecule has 0 unspecified atom stereocenters. The van der Waals surface area contributed by atoms with E-state index in [0.29, 0.717) is 4.24 Å². The van der Waals surface area contributed by atoms with Gasteiger partial charge in [0.25, 0.3) is 0 Å². The average molecular weight is 138 g/mol. The third-order valence-electron chi connectivity index (χ3n) is 0.324. The SMILES string of the molecule is CC(S)=C(S)S. The van der Waals surface area contributed by atoms with Gasteiger partial charge in [-0.1, -0.05) is 0 Å². The van der Waals surface area contributed by atoms with Crippen LogP contribution in [0.5, 0.6) is 0 Å². The van der Waals surface area contributed by atoms with Crippen molar-refractivity contribution in [1.29, 1.82) is 0 Å². The number of hydrogen-bond donors (Lipinski definition) is 3. The van der Waals surface area contributed by atoms with Crippen molar-refractivity contribution in [1.82, 2.24) is 0 Å². The fraction of sp³-hybridized carbons (Fsp3) is 0.333. The molecule has 0 amide bonds. The Hall–Kier alpha value is 0.790. The van der Waals surface area contributed by atoms with Crippen molar-refractivity contribution in [3.8, 4) is 0 Å². The molecule has 0 saturated carbocycles. The Bertz CT molecular complexity index is 56.1. The molecule has 0 spiro atoms. The van der Waals surface area contributed by atoms with Crippen LogP contribution in [0.2, 0.25) is 0 Å². The maximum atomic E-state index is 3.92. The molecule has 0 fully saturated rings. The topological polar surface area (TPSA) is 0 Å². The minimum atomic E-state index is 0.679. The number of allylic oxidation sites excluding steroid dienone is 1. The van der Waals surface area contributed by atoms with E-state index < -0.39 is 0 Å². The lowest BCUT2D eigenvalue weighted by Crippen LogP contribution is -1.54. The molecule has 0 rings (SSSR count). The van der Waals surface area contributed by atoms with Gasteiger partial charge in [0.05, 0.1) is 0 Å². The highest BCUT2D eigenvalue weighted by molar-refractivity contribution is 8.06. The smallest absolute Gasteiger partial charge is 0.0429 e. The molecule has 0 nitrogen and oxygen atoms in total. The number of hydrogen-bond acceptors (Lipinski definition) is 3. The summed E-state index contributed by atoms with van der Waals surface area (Å²) in [4.78, 5) is 0.849. The largest absolute Gasteiger partial charge is 0.146 e. The Balaban J connectivity index is 3.68. The van der Waals surface area contributed by atoms with E-state index in [9.17, 15) is 0 Å². The first kappa shape index (κ1) is 6.79. The van der Waals surface area contributed by atoms with Crippen molar-refractivity contribution in [3.63, 3.8) is 0 Å². The highest BCUT2D eigenvalue weighted by atomic mass is 32.2. The van der Waals surface area contributed by atoms with Crippen LogP contribution in [0.4, 0.5) is 0 Å².